The van der Waals surface area contributed by atoms with Crippen molar-refractivity contribution in [3.05, 3.63) is 114 Å². The number of benzene rings is 3. The van der Waals surface area contributed by atoms with Crippen LogP contribution in [0.15, 0.2) is 97.2 Å². The molecule has 128 valence electrons. The van der Waals surface area contributed by atoms with Crippen LogP contribution in [0.5, 0.6) is 0 Å². The maximum absolute atomic E-state index is 5.68. The highest BCUT2D eigenvalue weighted by atomic mass is 32.1. The van der Waals surface area contributed by atoms with Crippen LogP contribution in [0.2, 0.25) is 0 Å². The average Bonchev–Trinajstić information content (AvgIpc) is 2.71. The van der Waals surface area contributed by atoms with E-state index >= 15 is 0 Å². The summed E-state index contributed by atoms with van der Waals surface area (Å²) < 4.78 is 0. The van der Waals surface area contributed by atoms with Crippen LogP contribution in [-0.4, -0.2) is 10.0 Å². The van der Waals surface area contributed by atoms with E-state index in [-0.39, 0.29) is 6.04 Å². The van der Waals surface area contributed by atoms with Crippen molar-refractivity contribution < 1.29 is 0 Å². The van der Waals surface area contributed by atoms with Crippen LogP contribution >= 0.6 is 12.2 Å². The van der Waals surface area contributed by atoms with Gasteiger partial charge < -0.3 is 10.2 Å². The lowest BCUT2D eigenvalue weighted by molar-refractivity contribution is 0.512. The molecule has 26 heavy (non-hydrogen) atoms. The molecular formula is C23H20N2S. The monoisotopic (exact) mass is 356 g/mol. The summed E-state index contributed by atoms with van der Waals surface area (Å²) in [7, 11) is 0. The van der Waals surface area contributed by atoms with Crippen molar-refractivity contribution in [1.82, 2.24) is 10.2 Å². The van der Waals surface area contributed by atoms with Crippen molar-refractivity contribution in [2.24, 2.45) is 0 Å². The summed E-state index contributed by atoms with van der Waals surface area (Å²) in [6, 6.07) is 31.4. The maximum atomic E-state index is 5.68. The molecule has 1 N–H and O–H groups in total. The molecule has 1 heterocycles. The summed E-state index contributed by atoms with van der Waals surface area (Å²) in [5.41, 5.74) is 4.87. The Labute approximate surface area is 159 Å². The topological polar surface area (TPSA) is 15.3 Å². The number of thiocarbonyl (C=S) groups is 1. The van der Waals surface area contributed by atoms with Crippen LogP contribution < -0.4 is 5.32 Å². The molecule has 3 aromatic rings. The zero-order valence-corrected chi connectivity index (χ0v) is 15.2. The fraction of sp³-hybridized carbons (Fsp3) is 0.0870. The minimum absolute atomic E-state index is 0.0538. The van der Waals surface area contributed by atoms with E-state index in [2.05, 4.69) is 89.2 Å². The van der Waals surface area contributed by atoms with Gasteiger partial charge in [0.25, 0.3) is 0 Å². The molecule has 0 saturated heterocycles. The van der Waals surface area contributed by atoms with Crippen LogP contribution in [0.4, 0.5) is 0 Å². The Bertz CT molecular complexity index is 905. The second-order valence-electron chi connectivity index (χ2n) is 6.36. The van der Waals surface area contributed by atoms with Gasteiger partial charge in [0.15, 0.2) is 5.11 Å². The molecule has 0 spiro atoms. The van der Waals surface area contributed by atoms with Gasteiger partial charge in [-0.3, -0.25) is 0 Å². The molecule has 0 amide bonds. The molecule has 3 heteroatoms. The quantitative estimate of drug-likeness (QED) is 0.650. The predicted molar refractivity (Wildman–Crippen MR) is 111 cm³/mol. The molecule has 0 radical (unpaired) electrons. The van der Waals surface area contributed by atoms with Crippen LogP contribution in [0.1, 0.15) is 22.7 Å². The highest BCUT2D eigenvalue weighted by Crippen LogP contribution is 2.33. The SMILES string of the molecule is S=C1NC(c2ccccc2)C(c2ccccc2)=CN1Cc1ccccc1. The molecule has 1 aliphatic rings. The van der Waals surface area contributed by atoms with Crippen molar-refractivity contribution in [2.45, 2.75) is 12.6 Å². The van der Waals surface area contributed by atoms with E-state index in [0.29, 0.717) is 0 Å². The van der Waals surface area contributed by atoms with Gasteiger partial charge in [0.2, 0.25) is 0 Å². The Hall–Kier alpha value is -2.91. The second-order valence-corrected chi connectivity index (χ2v) is 6.74. The van der Waals surface area contributed by atoms with Gasteiger partial charge in [0, 0.05) is 18.3 Å². The van der Waals surface area contributed by atoms with E-state index in [1.807, 2.05) is 18.2 Å². The van der Waals surface area contributed by atoms with E-state index in [1.54, 1.807) is 0 Å². The molecule has 0 aliphatic carbocycles. The highest BCUT2D eigenvalue weighted by Gasteiger charge is 2.26. The number of rotatable bonds is 4. The first-order valence-corrected chi connectivity index (χ1v) is 9.15. The van der Waals surface area contributed by atoms with Gasteiger partial charge in [-0.15, -0.1) is 0 Å². The summed E-state index contributed by atoms with van der Waals surface area (Å²) in [6.07, 6.45) is 2.19. The minimum atomic E-state index is 0.0538. The maximum Gasteiger partial charge on any atom is 0.174 e. The molecule has 0 fully saturated rings. The third kappa shape index (κ3) is 3.53. The summed E-state index contributed by atoms with van der Waals surface area (Å²) in [5, 5.41) is 4.29. The summed E-state index contributed by atoms with van der Waals surface area (Å²) in [5.74, 6) is 0. The van der Waals surface area contributed by atoms with Crippen molar-refractivity contribution in [3.8, 4) is 0 Å². The summed E-state index contributed by atoms with van der Waals surface area (Å²) >= 11 is 5.68. The van der Waals surface area contributed by atoms with Gasteiger partial charge in [-0.05, 0) is 28.9 Å². The van der Waals surface area contributed by atoms with Gasteiger partial charge in [0.05, 0.1) is 6.04 Å². The lowest BCUT2D eigenvalue weighted by Crippen LogP contribution is -2.42. The molecule has 4 rings (SSSR count). The molecule has 2 nitrogen and oxygen atoms in total. The fourth-order valence-corrected chi connectivity index (χ4v) is 3.50. The van der Waals surface area contributed by atoms with Crippen LogP contribution in [-0.2, 0) is 6.54 Å². The molecule has 0 bridgehead atoms. The van der Waals surface area contributed by atoms with Crippen LogP contribution in [0, 0.1) is 0 Å². The third-order valence-corrected chi connectivity index (χ3v) is 4.92. The molecule has 0 saturated carbocycles. The minimum Gasteiger partial charge on any atom is -0.351 e. The second kappa shape index (κ2) is 7.54. The van der Waals surface area contributed by atoms with Crippen molar-refractivity contribution in [1.29, 1.82) is 0 Å². The summed E-state index contributed by atoms with van der Waals surface area (Å²) in [4.78, 5) is 2.12. The Kier molecular flexibility index (Phi) is 4.80. The van der Waals surface area contributed by atoms with Crippen molar-refractivity contribution in [3.63, 3.8) is 0 Å². The lowest BCUT2D eigenvalue weighted by atomic mass is 9.92. The number of nitrogens with zero attached hydrogens (tertiary/aromatic N) is 1. The van der Waals surface area contributed by atoms with Gasteiger partial charge in [-0.2, -0.15) is 0 Å². The van der Waals surface area contributed by atoms with Gasteiger partial charge in [-0.25, -0.2) is 0 Å². The van der Waals surface area contributed by atoms with Crippen LogP contribution in [0.25, 0.3) is 5.57 Å². The first-order chi connectivity index (χ1) is 12.8. The Balaban J connectivity index is 1.73. The third-order valence-electron chi connectivity index (χ3n) is 4.57. The smallest absolute Gasteiger partial charge is 0.174 e. The molecule has 1 atom stereocenters. The molecule has 3 aromatic carbocycles. The van der Waals surface area contributed by atoms with E-state index in [1.165, 1.54) is 22.3 Å². The highest BCUT2D eigenvalue weighted by molar-refractivity contribution is 7.80. The van der Waals surface area contributed by atoms with Crippen molar-refractivity contribution in [2.75, 3.05) is 0 Å². The lowest BCUT2D eigenvalue weighted by Gasteiger charge is -2.35. The summed E-state index contributed by atoms with van der Waals surface area (Å²) in [6.45, 7) is 0.754. The number of hydrogen-bond donors (Lipinski definition) is 1. The van der Waals surface area contributed by atoms with E-state index in [4.69, 9.17) is 12.2 Å². The normalized spacial score (nSPS) is 16.8. The van der Waals surface area contributed by atoms with E-state index in [0.717, 1.165) is 11.7 Å². The Morgan fingerprint density at radius 2 is 1.35 bits per heavy atom. The number of nitrogens with one attached hydrogen (secondary N) is 1. The van der Waals surface area contributed by atoms with Gasteiger partial charge in [-0.1, -0.05) is 91.0 Å². The molecular weight excluding hydrogens is 336 g/mol. The standard InChI is InChI=1S/C23H20N2S/c26-23-24-22(20-14-8-3-9-15-20)21(19-12-6-2-7-13-19)17-25(23)16-18-10-4-1-5-11-18/h1-15,17,22H,16H2,(H,24,26). The zero-order valence-electron chi connectivity index (χ0n) is 14.4. The van der Waals surface area contributed by atoms with Gasteiger partial charge >= 0.3 is 0 Å². The average molecular weight is 356 g/mol. The predicted octanol–water partition coefficient (Wildman–Crippen LogP) is 5.16. The fourth-order valence-electron chi connectivity index (χ4n) is 3.26. The first-order valence-electron chi connectivity index (χ1n) is 8.74. The zero-order chi connectivity index (χ0) is 17.8. The largest absolute Gasteiger partial charge is 0.351 e. The molecule has 1 aliphatic heterocycles. The van der Waals surface area contributed by atoms with Crippen LogP contribution in [0.3, 0.4) is 0 Å². The Morgan fingerprint density at radius 1 is 0.769 bits per heavy atom. The molecule has 1 unspecified atom stereocenters. The van der Waals surface area contributed by atoms with E-state index in [9.17, 15) is 0 Å². The molecule has 0 aromatic heterocycles. The number of hydrogen-bond acceptors (Lipinski definition) is 1. The first kappa shape index (κ1) is 16.6. The van der Waals surface area contributed by atoms with E-state index < -0.39 is 0 Å². The van der Waals surface area contributed by atoms with Gasteiger partial charge in [0.1, 0.15) is 0 Å². The van der Waals surface area contributed by atoms with Crippen molar-refractivity contribution >= 4 is 22.9 Å². The Morgan fingerprint density at radius 3 is 2.00 bits per heavy atom.